The summed E-state index contributed by atoms with van der Waals surface area (Å²) < 4.78 is 5.77. The molecule has 5 heteroatoms. The number of hydrogen-bond donors (Lipinski definition) is 0. The second-order valence-electron chi connectivity index (χ2n) is 6.64. The molecule has 2 aromatic carbocycles. The van der Waals surface area contributed by atoms with Crippen LogP contribution in [0, 0.1) is 10.1 Å². The summed E-state index contributed by atoms with van der Waals surface area (Å²) in [7, 11) is 0. The first-order chi connectivity index (χ1) is 10.8. The summed E-state index contributed by atoms with van der Waals surface area (Å²) in [6.07, 6.45) is 0.511. The van der Waals surface area contributed by atoms with Crippen LogP contribution in [-0.4, -0.2) is 9.91 Å². The van der Waals surface area contributed by atoms with Gasteiger partial charge in [-0.1, -0.05) is 39.0 Å². The van der Waals surface area contributed by atoms with Gasteiger partial charge < -0.3 is 4.42 Å². The van der Waals surface area contributed by atoms with Crippen molar-refractivity contribution in [3.8, 4) is 0 Å². The third-order valence-electron chi connectivity index (χ3n) is 3.80. The molecule has 1 aromatic heterocycles. The van der Waals surface area contributed by atoms with Crippen molar-refractivity contribution in [2.45, 2.75) is 32.6 Å². The van der Waals surface area contributed by atoms with Gasteiger partial charge in [0.15, 0.2) is 11.5 Å². The lowest BCUT2D eigenvalue weighted by molar-refractivity contribution is -0.384. The van der Waals surface area contributed by atoms with Crippen LogP contribution in [-0.2, 0) is 11.8 Å². The molecule has 3 aromatic rings. The van der Waals surface area contributed by atoms with Crippen LogP contribution < -0.4 is 0 Å². The van der Waals surface area contributed by atoms with Crippen LogP contribution in [0.3, 0.4) is 0 Å². The van der Waals surface area contributed by atoms with E-state index in [9.17, 15) is 10.1 Å². The Bertz CT molecular complexity index is 858. The Balaban J connectivity index is 1.87. The Hall–Kier alpha value is -2.69. The Kier molecular flexibility index (Phi) is 3.64. The van der Waals surface area contributed by atoms with Crippen LogP contribution in [0.25, 0.3) is 11.1 Å². The van der Waals surface area contributed by atoms with Gasteiger partial charge in [-0.2, -0.15) is 0 Å². The van der Waals surface area contributed by atoms with Crippen molar-refractivity contribution < 1.29 is 9.34 Å². The van der Waals surface area contributed by atoms with Gasteiger partial charge in [0, 0.05) is 18.6 Å². The van der Waals surface area contributed by atoms with E-state index in [0.29, 0.717) is 12.3 Å². The fraction of sp³-hybridized carbons (Fsp3) is 0.278. The summed E-state index contributed by atoms with van der Waals surface area (Å²) in [5, 5.41) is 10.7. The van der Waals surface area contributed by atoms with Gasteiger partial charge in [0.1, 0.15) is 5.52 Å². The molecule has 23 heavy (non-hydrogen) atoms. The van der Waals surface area contributed by atoms with Gasteiger partial charge in [-0.3, -0.25) is 10.1 Å². The van der Waals surface area contributed by atoms with Crippen molar-refractivity contribution >= 4 is 16.8 Å². The molecule has 3 rings (SSSR count). The van der Waals surface area contributed by atoms with E-state index in [0.717, 1.165) is 16.7 Å². The number of fused-ring (bicyclic) bond motifs is 1. The number of oxazole rings is 1. The van der Waals surface area contributed by atoms with Gasteiger partial charge in [0.05, 0.1) is 4.92 Å². The maximum absolute atomic E-state index is 10.7. The van der Waals surface area contributed by atoms with Crippen molar-refractivity contribution in [1.82, 2.24) is 4.98 Å². The molecule has 0 N–H and O–H groups in total. The first-order valence-electron chi connectivity index (χ1n) is 7.46. The lowest BCUT2D eigenvalue weighted by atomic mass is 9.87. The van der Waals surface area contributed by atoms with Gasteiger partial charge in [-0.05, 0) is 28.7 Å². The molecule has 0 unspecified atom stereocenters. The summed E-state index contributed by atoms with van der Waals surface area (Å²) in [5.74, 6) is 0.611. The molecule has 0 aliphatic rings. The van der Waals surface area contributed by atoms with E-state index in [-0.39, 0.29) is 11.1 Å². The Morgan fingerprint density at radius 1 is 1.13 bits per heavy atom. The number of aromatic nitrogens is 1. The summed E-state index contributed by atoms with van der Waals surface area (Å²) >= 11 is 0. The van der Waals surface area contributed by atoms with Crippen LogP contribution in [0.1, 0.15) is 37.8 Å². The molecule has 0 saturated carbocycles. The zero-order valence-electron chi connectivity index (χ0n) is 13.4. The average Bonchev–Trinajstić information content (AvgIpc) is 2.88. The minimum Gasteiger partial charge on any atom is -0.440 e. The van der Waals surface area contributed by atoms with Crippen LogP contribution in [0.5, 0.6) is 0 Å². The summed E-state index contributed by atoms with van der Waals surface area (Å²) in [4.78, 5) is 14.8. The molecule has 5 nitrogen and oxygen atoms in total. The highest BCUT2D eigenvalue weighted by molar-refractivity contribution is 5.73. The molecular weight excluding hydrogens is 292 g/mol. The Labute approximate surface area is 134 Å². The molecule has 0 aliphatic heterocycles. The zero-order chi connectivity index (χ0) is 16.6. The maximum atomic E-state index is 10.7. The highest BCUT2D eigenvalue weighted by atomic mass is 16.6. The lowest BCUT2D eigenvalue weighted by Gasteiger charge is -2.18. The van der Waals surface area contributed by atoms with Gasteiger partial charge in [0.25, 0.3) is 5.69 Å². The fourth-order valence-electron chi connectivity index (χ4n) is 2.43. The molecule has 0 fully saturated rings. The number of nitrogens with zero attached hydrogens (tertiary/aromatic N) is 2. The Morgan fingerprint density at radius 2 is 1.83 bits per heavy atom. The van der Waals surface area contributed by atoms with Gasteiger partial charge in [0.2, 0.25) is 0 Å². The highest BCUT2D eigenvalue weighted by Crippen LogP contribution is 2.27. The SMILES string of the molecule is CC(C)(C)c1ccc2oc(Cc3ccc([N+](=O)[O-])cc3)nc2c1. The minimum atomic E-state index is -0.406. The van der Waals surface area contributed by atoms with Gasteiger partial charge in [-0.15, -0.1) is 0 Å². The number of nitro benzene ring substituents is 1. The van der Waals surface area contributed by atoms with Crippen molar-refractivity contribution in [1.29, 1.82) is 0 Å². The van der Waals surface area contributed by atoms with Crippen LogP contribution >= 0.6 is 0 Å². The molecule has 0 spiro atoms. The fourth-order valence-corrected chi connectivity index (χ4v) is 2.43. The van der Waals surface area contributed by atoms with Crippen LogP contribution in [0.4, 0.5) is 5.69 Å². The van der Waals surface area contributed by atoms with E-state index in [1.807, 2.05) is 6.07 Å². The molecule has 0 atom stereocenters. The summed E-state index contributed by atoms with van der Waals surface area (Å²) in [6.45, 7) is 6.48. The molecule has 0 saturated heterocycles. The summed E-state index contributed by atoms with van der Waals surface area (Å²) in [5.41, 5.74) is 3.88. The topological polar surface area (TPSA) is 69.2 Å². The predicted molar refractivity (Wildman–Crippen MR) is 88.6 cm³/mol. The van der Waals surface area contributed by atoms with Crippen LogP contribution in [0.2, 0.25) is 0 Å². The molecule has 0 radical (unpaired) electrons. The van der Waals surface area contributed by atoms with Gasteiger partial charge in [-0.25, -0.2) is 4.98 Å². The molecule has 118 valence electrons. The number of rotatable bonds is 3. The van der Waals surface area contributed by atoms with E-state index in [1.54, 1.807) is 12.1 Å². The third-order valence-corrected chi connectivity index (χ3v) is 3.80. The van der Waals surface area contributed by atoms with E-state index < -0.39 is 4.92 Å². The van der Waals surface area contributed by atoms with E-state index in [1.165, 1.54) is 17.7 Å². The van der Waals surface area contributed by atoms with E-state index >= 15 is 0 Å². The first-order valence-corrected chi connectivity index (χ1v) is 7.46. The second-order valence-corrected chi connectivity index (χ2v) is 6.64. The predicted octanol–water partition coefficient (Wildman–Crippen LogP) is 4.62. The standard InChI is InChI=1S/C18H18N2O3/c1-18(2,3)13-6-9-16-15(11-13)19-17(23-16)10-12-4-7-14(8-5-12)20(21)22/h4-9,11H,10H2,1-3H3. The smallest absolute Gasteiger partial charge is 0.269 e. The number of non-ortho nitro benzene ring substituents is 1. The molecule has 0 bridgehead atoms. The molecule has 1 heterocycles. The van der Waals surface area contributed by atoms with Crippen molar-refractivity contribution in [2.75, 3.05) is 0 Å². The van der Waals surface area contributed by atoms with Crippen LogP contribution in [0.15, 0.2) is 46.9 Å². The maximum Gasteiger partial charge on any atom is 0.269 e. The summed E-state index contributed by atoms with van der Waals surface area (Å²) in [6, 6.07) is 12.5. The molecular formula is C18H18N2O3. The normalized spacial score (nSPS) is 11.8. The highest BCUT2D eigenvalue weighted by Gasteiger charge is 2.16. The molecule has 0 amide bonds. The third kappa shape index (κ3) is 3.23. The first kappa shape index (κ1) is 15.2. The van der Waals surface area contributed by atoms with Crippen molar-refractivity contribution in [3.63, 3.8) is 0 Å². The monoisotopic (exact) mass is 310 g/mol. The van der Waals surface area contributed by atoms with Gasteiger partial charge >= 0.3 is 0 Å². The lowest BCUT2D eigenvalue weighted by Crippen LogP contribution is -2.10. The van der Waals surface area contributed by atoms with E-state index in [4.69, 9.17) is 4.42 Å². The molecule has 0 aliphatic carbocycles. The number of hydrogen-bond acceptors (Lipinski definition) is 4. The van der Waals surface area contributed by atoms with E-state index in [2.05, 4.69) is 37.9 Å². The largest absolute Gasteiger partial charge is 0.440 e. The quantitative estimate of drug-likeness (QED) is 0.522. The minimum absolute atomic E-state index is 0.0612. The number of nitro groups is 1. The van der Waals surface area contributed by atoms with Crippen molar-refractivity contribution in [3.05, 3.63) is 69.6 Å². The average molecular weight is 310 g/mol. The number of benzene rings is 2. The Morgan fingerprint density at radius 3 is 2.43 bits per heavy atom. The van der Waals surface area contributed by atoms with Crippen molar-refractivity contribution in [2.24, 2.45) is 0 Å². The zero-order valence-corrected chi connectivity index (χ0v) is 13.4. The second kappa shape index (κ2) is 5.50.